The molecule has 0 radical (unpaired) electrons. The molecular weight excluding hydrogens is 730 g/mol. The van der Waals surface area contributed by atoms with Gasteiger partial charge in [-0.05, 0) is 89.4 Å². The number of hydrogen-bond donors (Lipinski definition) is 2. The molecule has 0 saturated heterocycles. The number of aromatic nitrogens is 5. The van der Waals surface area contributed by atoms with Crippen LogP contribution >= 0.6 is 31.9 Å². The van der Waals surface area contributed by atoms with E-state index < -0.39 is 0 Å². The summed E-state index contributed by atoms with van der Waals surface area (Å²) in [6, 6.07) is 1.73. The van der Waals surface area contributed by atoms with Crippen LogP contribution in [0.25, 0.3) is 0 Å². The lowest BCUT2D eigenvalue weighted by Crippen LogP contribution is -2.39. The van der Waals surface area contributed by atoms with Crippen molar-refractivity contribution in [2.24, 2.45) is 5.92 Å². The van der Waals surface area contributed by atoms with Crippen LogP contribution in [0.1, 0.15) is 111 Å². The average molecular weight is 776 g/mol. The van der Waals surface area contributed by atoms with Gasteiger partial charge in [-0.25, -0.2) is 0 Å². The summed E-state index contributed by atoms with van der Waals surface area (Å²) >= 11 is 7.10. The van der Waals surface area contributed by atoms with Crippen molar-refractivity contribution in [3.05, 3.63) is 70.6 Å². The lowest BCUT2D eigenvalue weighted by molar-refractivity contribution is -0.120. The molecular formula is C34H45Br2N7O4. The summed E-state index contributed by atoms with van der Waals surface area (Å²) in [6.07, 6.45) is 16.6. The van der Waals surface area contributed by atoms with E-state index in [1.807, 2.05) is 13.8 Å². The van der Waals surface area contributed by atoms with Crippen LogP contribution < -0.4 is 21.8 Å². The van der Waals surface area contributed by atoms with Gasteiger partial charge in [-0.15, -0.1) is 5.10 Å². The topological polar surface area (TPSA) is 133 Å². The number of anilines is 1. The van der Waals surface area contributed by atoms with Gasteiger partial charge in [0.1, 0.15) is 16.9 Å². The molecule has 0 bridgehead atoms. The molecule has 13 heteroatoms. The van der Waals surface area contributed by atoms with Crippen LogP contribution in [0.2, 0.25) is 0 Å². The number of rotatable bonds is 10. The van der Waals surface area contributed by atoms with Crippen LogP contribution in [-0.4, -0.2) is 42.0 Å². The maximum Gasteiger partial charge on any atom is 0.275 e. The Balaban J connectivity index is 1.22. The molecule has 47 heavy (non-hydrogen) atoms. The largest absolute Gasteiger partial charge is 0.349 e. The van der Waals surface area contributed by atoms with E-state index in [0.717, 1.165) is 74.4 Å². The van der Waals surface area contributed by atoms with E-state index in [2.05, 4.69) is 52.8 Å². The van der Waals surface area contributed by atoms with Crippen LogP contribution in [0, 0.1) is 19.8 Å². The van der Waals surface area contributed by atoms with Crippen LogP contribution in [0.5, 0.6) is 0 Å². The first-order chi connectivity index (χ1) is 22.6. The zero-order valence-electron chi connectivity index (χ0n) is 27.3. The number of nitrogens with one attached hydrogen (secondary N) is 2. The Kier molecular flexibility index (Phi) is 12.3. The van der Waals surface area contributed by atoms with Gasteiger partial charge in [-0.1, -0.05) is 56.6 Å². The minimum absolute atomic E-state index is 0.0739. The summed E-state index contributed by atoms with van der Waals surface area (Å²) in [4.78, 5) is 53.1. The van der Waals surface area contributed by atoms with Gasteiger partial charge in [0, 0.05) is 45.9 Å². The summed E-state index contributed by atoms with van der Waals surface area (Å²) in [5.74, 6) is -0.479. The Hall–Kier alpha value is -3.06. The molecule has 5 rings (SSSR count). The second-order valence-electron chi connectivity index (χ2n) is 13.0. The van der Waals surface area contributed by atoms with E-state index in [4.69, 9.17) is 0 Å². The Morgan fingerprint density at radius 3 is 2.21 bits per heavy atom. The van der Waals surface area contributed by atoms with Crippen molar-refractivity contribution in [2.75, 3.05) is 5.32 Å². The highest BCUT2D eigenvalue weighted by molar-refractivity contribution is 9.10. The quantitative estimate of drug-likeness (QED) is 0.235. The van der Waals surface area contributed by atoms with E-state index in [1.54, 1.807) is 27.7 Å². The maximum absolute atomic E-state index is 13.5. The summed E-state index contributed by atoms with van der Waals surface area (Å²) in [7, 11) is 0. The normalized spacial score (nSPS) is 16.4. The van der Waals surface area contributed by atoms with E-state index in [0.29, 0.717) is 35.2 Å². The Bertz CT molecular complexity index is 1700. The van der Waals surface area contributed by atoms with Crippen LogP contribution in [0.15, 0.2) is 37.0 Å². The molecule has 0 aromatic carbocycles. The van der Waals surface area contributed by atoms with Gasteiger partial charge < -0.3 is 19.8 Å². The maximum atomic E-state index is 13.5. The van der Waals surface area contributed by atoms with Crippen molar-refractivity contribution >= 4 is 49.4 Å². The number of pyridine rings is 2. The Labute approximate surface area is 292 Å². The fourth-order valence-corrected chi connectivity index (χ4v) is 7.56. The number of halogens is 2. The molecule has 0 spiro atoms. The molecule has 3 aromatic heterocycles. The zero-order chi connectivity index (χ0) is 33.5. The van der Waals surface area contributed by atoms with E-state index >= 15 is 0 Å². The predicted octanol–water partition coefficient (Wildman–Crippen LogP) is 6.24. The number of carbonyl (C=O) groups is 2. The van der Waals surface area contributed by atoms with Crippen molar-refractivity contribution in [1.82, 2.24) is 29.4 Å². The third-order valence-electron chi connectivity index (χ3n) is 9.57. The summed E-state index contributed by atoms with van der Waals surface area (Å²) in [5, 5.41) is 14.5. The number of nitrogens with zero attached hydrogens (tertiary/aromatic N) is 5. The van der Waals surface area contributed by atoms with Crippen LogP contribution in [0.4, 0.5) is 5.69 Å². The monoisotopic (exact) mass is 773 g/mol. The van der Waals surface area contributed by atoms with Crippen molar-refractivity contribution in [3.8, 4) is 0 Å². The van der Waals surface area contributed by atoms with Crippen LogP contribution in [-0.2, 0) is 24.4 Å². The fraction of sp³-hybridized carbons (Fsp3) is 0.588. The Morgan fingerprint density at radius 2 is 1.53 bits per heavy atom. The first-order valence-electron chi connectivity index (χ1n) is 16.9. The number of amides is 2. The molecule has 2 N–H and O–H groups in total. The first-order valence-corrected chi connectivity index (χ1v) is 18.5. The molecule has 2 fully saturated rings. The van der Waals surface area contributed by atoms with Gasteiger partial charge in [0.2, 0.25) is 5.91 Å². The molecule has 2 amide bonds. The first kappa shape index (κ1) is 35.3. The second-order valence-corrected chi connectivity index (χ2v) is 14.7. The van der Waals surface area contributed by atoms with Gasteiger partial charge >= 0.3 is 0 Å². The molecule has 0 unspecified atom stereocenters. The standard InChI is InChI=1S/C34H45Br2N7O4/c1-22-29(36)21-41(34(47)30(22)38-31(44)24-12-7-3-4-8-13-24)19-26-20-42(40-39-26)16-11-17-43-23(2)28(35)18-27(33(43)46)32(45)37-25-14-9-5-6-10-15-25/h18,20-21,24-25H,3-17,19H2,1-2H3,(H,37,45)(H,38,44). The van der Waals surface area contributed by atoms with Crippen molar-refractivity contribution in [1.29, 1.82) is 0 Å². The average Bonchev–Trinajstić information content (AvgIpc) is 3.21. The molecule has 254 valence electrons. The van der Waals surface area contributed by atoms with Gasteiger partial charge in [0.25, 0.3) is 17.0 Å². The highest BCUT2D eigenvalue weighted by Crippen LogP contribution is 2.26. The lowest BCUT2D eigenvalue weighted by atomic mass is 9.99. The second kappa shape index (κ2) is 16.4. The van der Waals surface area contributed by atoms with Crippen LogP contribution in [0.3, 0.4) is 0 Å². The molecule has 3 aromatic rings. The highest BCUT2D eigenvalue weighted by atomic mass is 79.9. The molecule has 0 aliphatic heterocycles. The van der Waals surface area contributed by atoms with E-state index in [9.17, 15) is 19.2 Å². The SMILES string of the molecule is Cc1c(Br)cn(Cc2cn(CCCn3c(C)c(Br)cc(C(=O)NC4CCCCCC4)c3=O)nn2)c(=O)c1NC(=O)C1CCCCCC1. The minimum atomic E-state index is -0.317. The molecule has 11 nitrogen and oxygen atoms in total. The van der Waals surface area contributed by atoms with Gasteiger partial charge in [-0.3, -0.25) is 23.9 Å². The van der Waals surface area contributed by atoms with Crippen molar-refractivity contribution < 1.29 is 9.59 Å². The zero-order valence-corrected chi connectivity index (χ0v) is 30.5. The predicted molar refractivity (Wildman–Crippen MR) is 189 cm³/mol. The van der Waals surface area contributed by atoms with Crippen molar-refractivity contribution in [3.63, 3.8) is 0 Å². The molecule has 2 aliphatic rings. The smallest absolute Gasteiger partial charge is 0.275 e. The van der Waals surface area contributed by atoms with Gasteiger partial charge in [0.05, 0.1) is 12.7 Å². The molecule has 2 aliphatic carbocycles. The summed E-state index contributed by atoms with van der Waals surface area (Å²) in [6.45, 7) is 4.76. The fourth-order valence-electron chi connectivity index (χ4n) is 6.67. The molecule has 0 atom stereocenters. The molecule has 3 heterocycles. The number of aryl methyl sites for hydroxylation is 1. The summed E-state index contributed by atoms with van der Waals surface area (Å²) in [5.41, 5.74) is 1.89. The minimum Gasteiger partial charge on any atom is -0.349 e. The highest BCUT2D eigenvalue weighted by Gasteiger charge is 2.24. The van der Waals surface area contributed by atoms with Gasteiger partial charge in [-0.2, -0.15) is 0 Å². The van der Waals surface area contributed by atoms with E-state index in [1.165, 1.54) is 17.4 Å². The lowest BCUT2D eigenvalue weighted by Gasteiger charge is -2.18. The van der Waals surface area contributed by atoms with Crippen molar-refractivity contribution in [2.45, 2.75) is 123 Å². The third kappa shape index (κ3) is 8.90. The summed E-state index contributed by atoms with van der Waals surface area (Å²) < 4.78 is 6.29. The van der Waals surface area contributed by atoms with Gasteiger partial charge in [0.15, 0.2) is 0 Å². The number of carbonyl (C=O) groups excluding carboxylic acids is 2. The number of hydrogen-bond acceptors (Lipinski definition) is 6. The Morgan fingerprint density at radius 1 is 0.872 bits per heavy atom. The van der Waals surface area contributed by atoms with E-state index in [-0.39, 0.29) is 52.7 Å². The third-order valence-corrected chi connectivity index (χ3v) is 11.2. The molecule has 2 saturated carbocycles.